The van der Waals surface area contributed by atoms with Crippen LogP contribution >= 0.6 is 0 Å². The number of aliphatic hydroxyl groups is 6. The number of hydrogen-bond acceptors (Lipinski definition) is 8. The van der Waals surface area contributed by atoms with Gasteiger partial charge in [0.1, 0.15) is 18.3 Å². The van der Waals surface area contributed by atoms with Gasteiger partial charge in [0.2, 0.25) is 0 Å². The van der Waals surface area contributed by atoms with E-state index in [1.165, 1.54) is 5.57 Å². The molecule has 8 heteroatoms. The van der Waals surface area contributed by atoms with Crippen LogP contribution in [0.1, 0.15) is 99.8 Å². The number of ether oxygens (including phenoxy) is 2. The second-order valence-electron chi connectivity index (χ2n) is 17.5. The molecule has 0 bridgehead atoms. The Bertz CT molecular complexity index is 1130. The van der Waals surface area contributed by atoms with E-state index in [9.17, 15) is 30.6 Å². The van der Waals surface area contributed by atoms with E-state index in [4.69, 9.17) is 9.47 Å². The summed E-state index contributed by atoms with van der Waals surface area (Å²) in [5.74, 6) is 0.893. The summed E-state index contributed by atoms with van der Waals surface area (Å²) >= 11 is 0. The normalized spacial score (nSPS) is 57.9. The van der Waals surface area contributed by atoms with Gasteiger partial charge in [0.05, 0.1) is 31.5 Å². The molecule has 6 aliphatic rings. The van der Waals surface area contributed by atoms with Crippen molar-refractivity contribution in [1.82, 2.24) is 0 Å². The molecule has 1 aliphatic heterocycles. The Hall–Kier alpha value is -0.580. The van der Waals surface area contributed by atoms with E-state index in [0.717, 1.165) is 51.4 Å². The number of hydrogen-bond donors (Lipinski definition) is 6. The smallest absolute Gasteiger partial charge is 0.186 e. The summed E-state index contributed by atoms with van der Waals surface area (Å²) < 4.78 is 12.2. The maximum Gasteiger partial charge on any atom is 0.186 e. The Labute approximate surface area is 257 Å². The molecule has 4 saturated carbocycles. The zero-order chi connectivity index (χ0) is 31.5. The van der Waals surface area contributed by atoms with Gasteiger partial charge in [0.15, 0.2) is 6.29 Å². The van der Waals surface area contributed by atoms with E-state index in [2.05, 4.69) is 54.5 Å². The van der Waals surface area contributed by atoms with Crippen molar-refractivity contribution in [3.05, 3.63) is 11.6 Å². The van der Waals surface area contributed by atoms with Gasteiger partial charge in [0.25, 0.3) is 0 Å². The first-order valence-electron chi connectivity index (χ1n) is 16.9. The third-order valence-electron chi connectivity index (χ3n) is 15.2. The lowest BCUT2D eigenvalue weighted by atomic mass is 9.33. The number of aliphatic hydroxyl groups excluding tert-OH is 6. The zero-order valence-corrected chi connectivity index (χ0v) is 27.4. The van der Waals surface area contributed by atoms with Crippen molar-refractivity contribution in [2.45, 2.75) is 143 Å². The first-order valence-corrected chi connectivity index (χ1v) is 16.9. The number of rotatable bonds is 3. The van der Waals surface area contributed by atoms with Gasteiger partial charge in [-0.05, 0) is 90.8 Å². The molecule has 4 unspecified atom stereocenters. The van der Waals surface area contributed by atoms with Crippen LogP contribution in [0.5, 0.6) is 0 Å². The van der Waals surface area contributed by atoms with Gasteiger partial charge in [-0.2, -0.15) is 0 Å². The van der Waals surface area contributed by atoms with Gasteiger partial charge >= 0.3 is 0 Å². The summed E-state index contributed by atoms with van der Waals surface area (Å²) in [4.78, 5) is 0. The average Bonchev–Trinajstić information content (AvgIpc) is 2.95. The lowest BCUT2D eigenvalue weighted by Gasteiger charge is -2.72. The lowest BCUT2D eigenvalue weighted by Crippen LogP contribution is -2.68. The standard InChI is InChI=1S/C35H58O8/c1-30(2)16-20-19-8-9-23-32(4)12-11-24(38)33(5,18-36)22(32)10-13-35(23,7)34(19,6)15-14-31(20,3)28(27(30)41)43-29-26(40)25(39)21(37)17-42-29/h8,20-29,36-41H,9-18H2,1-7H3/t20?,21-,22?,23?,24-,25-,26+,27-,28+,29-,31+,32-,33?,34+,35+/m0/s1. The SMILES string of the molecule is CC1(C)CC2C3=CCC4[C@@]5(C)CC[C@H](O)C(C)(CO)C5CC[C@@]4(C)[C@]3(C)CC[C@@]2(C)[C@H](O[C@@H]2OC[C@H](O)[C@H](O)[C@H]2O)[C@@H]1O. The topological polar surface area (TPSA) is 140 Å². The molecule has 5 fully saturated rings. The quantitative estimate of drug-likeness (QED) is 0.268. The van der Waals surface area contributed by atoms with Crippen molar-refractivity contribution < 1.29 is 40.1 Å². The lowest BCUT2D eigenvalue weighted by molar-refractivity contribution is -0.321. The van der Waals surface area contributed by atoms with Gasteiger partial charge in [-0.1, -0.05) is 60.1 Å². The second kappa shape index (κ2) is 10.2. The molecule has 8 nitrogen and oxygen atoms in total. The first-order chi connectivity index (χ1) is 19.9. The van der Waals surface area contributed by atoms with Gasteiger partial charge in [-0.3, -0.25) is 0 Å². The summed E-state index contributed by atoms with van der Waals surface area (Å²) in [6, 6.07) is 0. The molecule has 0 amide bonds. The van der Waals surface area contributed by atoms with Crippen molar-refractivity contribution in [3.8, 4) is 0 Å². The highest BCUT2D eigenvalue weighted by atomic mass is 16.7. The molecule has 6 rings (SSSR count). The summed E-state index contributed by atoms with van der Waals surface area (Å²) in [6.45, 7) is 15.8. The molecule has 15 atom stereocenters. The predicted molar refractivity (Wildman–Crippen MR) is 162 cm³/mol. The van der Waals surface area contributed by atoms with Crippen LogP contribution in [0.15, 0.2) is 11.6 Å². The molecular formula is C35H58O8. The molecule has 43 heavy (non-hydrogen) atoms. The Morgan fingerprint density at radius 3 is 2.21 bits per heavy atom. The third-order valence-corrected chi connectivity index (χ3v) is 15.2. The summed E-state index contributed by atoms with van der Waals surface area (Å²) in [5.41, 5.74) is 0.203. The molecule has 1 heterocycles. The highest BCUT2D eigenvalue weighted by Gasteiger charge is 2.70. The van der Waals surface area contributed by atoms with Gasteiger partial charge in [-0.25, -0.2) is 0 Å². The molecule has 0 aromatic rings. The van der Waals surface area contributed by atoms with Gasteiger partial charge in [-0.15, -0.1) is 0 Å². The molecule has 0 spiro atoms. The molecule has 6 N–H and O–H groups in total. The van der Waals surface area contributed by atoms with Crippen LogP contribution in [-0.2, 0) is 9.47 Å². The van der Waals surface area contributed by atoms with Gasteiger partial charge in [0, 0.05) is 10.8 Å². The third kappa shape index (κ3) is 4.23. The highest BCUT2D eigenvalue weighted by molar-refractivity contribution is 5.34. The highest BCUT2D eigenvalue weighted by Crippen LogP contribution is 2.75. The number of allylic oxidation sites excluding steroid dienone is 2. The minimum absolute atomic E-state index is 0.0187. The minimum atomic E-state index is -1.40. The van der Waals surface area contributed by atoms with E-state index in [0.29, 0.717) is 5.92 Å². The largest absolute Gasteiger partial charge is 0.396 e. The Balaban J connectivity index is 1.36. The van der Waals surface area contributed by atoms with E-state index >= 15 is 0 Å². The van der Waals surface area contributed by atoms with Crippen molar-refractivity contribution >= 4 is 0 Å². The minimum Gasteiger partial charge on any atom is -0.396 e. The summed E-state index contributed by atoms with van der Waals surface area (Å²) in [6.07, 6.45) is 2.98. The zero-order valence-electron chi connectivity index (χ0n) is 27.4. The fraction of sp³-hybridized carbons (Fsp3) is 0.943. The van der Waals surface area contributed by atoms with Gasteiger partial charge < -0.3 is 40.1 Å². The maximum absolute atomic E-state index is 11.8. The number of fused-ring (bicyclic) bond motifs is 7. The van der Waals surface area contributed by atoms with Crippen molar-refractivity contribution in [2.75, 3.05) is 13.2 Å². The molecule has 246 valence electrons. The van der Waals surface area contributed by atoms with Crippen LogP contribution < -0.4 is 0 Å². The van der Waals surface area contributed by atoms with E-state index in [1.54, 1.807) is 0 Å². The van der Waals surface area contributed by atoms with E-state index < -0.39 is 59.2 Å². The Morgan fingerprint density at radius 2 is 1.53 bits per heavy atom. The summed E-state index contributed by atoms with van der Waals surface area (Å²) in [5, 5.41) is 64.4. The van der Waals surface area contributed by atoms with Crippen LogP contribution in [0.4, 0.5) is 0 Å². The summed E-state index contributed by atoms with van der Waals surface area (Å²) in [7, 11) is 0. The predicted octanol–water partition coefficient (Wildman–Crippen LogP) is 3.55. The van der Waals surface area contributed by atoms with Crippen molar-refractivity contribution in [2.24, 2.45) is 50.2 Å². The molecule has 1 saturated heterocycles. The van der Waals surface area contributed by atoms with Crippen LogP contribution in [-0.4, -0.2) is 86.8 Å². The van der Waals surface area contributed by atoms with Crippen LogP contribution in [0.2, 0.25) is 0 Å². The van der Waals surface area contributed by atoms with Crippen molar-refractivity contribution in [3.63, 3.8) is 0 Å². The van der Waals surface area contributed by atoms with E-state index in [-0.39, 0.29) is 41.3 Å². The molecule has 0 aromatic heterocycles. The molecule has 0 aromatic carbocycles. The van der Waals surface area contributed by atoms with Crippen LogP contribution in [0.3, 0.4) is 0 Å². The molecule has 0 radical (unpaired) electrons. The van der Waals surface area contributed by atoms with E-state index in [1.807, 2.05) is 0 Å². The second-order valence-corrected chi connectivity index (χ2v) is 17.5. The average molecular weight is 607 g/mol. The monoisotopic (exact) mass is 606 g/mol. The Morgan fingerprint density at radius 1 is 0.837 bits per heavy atom. The fourth-order valence-corrected chi connectivity index (χ4v) is 11.9. The van der Waals surface area contributed by atoms with Crippen molar-refractivity contribution in [1.29, 1.82) is 0 Å². The maximum atomic E-state index is 11.8. The van der Waals surface area contributed by atoms with Crippen LogP contribution in [0.25, 0.3) is 0 Å². The van der Waals surface area contributed by atoms with Crippen LogP contribution in [0, 0.1) is 50.2 Å². The molecule has 5 aliphatic carbocycles. The molecular weight excluding hydrogens is 548 g/mol. The first kappa shape index (κ1) is 32.4. The Kier molecular flexibility index (Phi) is 7.68. The fourth-order valence-electron chi connectivity index (χ4n) is 11.9.